The third-order valence-corrected chi connectivity index (χ3v) is 9.66. The highest BCUT2D eigenvalue weighted by Gasteiger charge is 2.35. The molecule has 0 saturated carbocycles. The Kier molecular flexibility index (Phi) is 42.1. The van der Waals surface area contributed by atoms with Gasteiger partial charge in [-0.05, 0) is 87.1 Å². The maximum atomic E-state index is 13.4. The Morgan fingerprint density at radius 3 is 0.975 bits per heavy atom. The summed E-state index contributed by atoms with van der Waals surface area (Å²) in [5.74, 6) is -1.06. The lowest BCUT2D eigenvalue weighted by Gasteiger charge is -2.35. The number of alkyl carbamates (subject to hydrolysis) is 4. The molecule has 0 aromatic carbocycles. The summed E-state index contributed by atoms with van der Waals surface area (Å²) < 4.78 is 64.6. The maximum Gasteiger partial charge on any atom is 0.408 e. The first-order valence-corrected chi connectivity index (χ1v) is 26.7. The summed E-state index contributed by atoms with van der Waals surface area (Å²) in [6, 6.07) is 0. The first-order chi connectivity index (χ1) is 37.4. The van der Waals surface area contributed by atoms with Crippen LogP contribution in [0.2, 0.25) is 0 Å². The first kappa shape index (κ1) is 73.5. The van der Waals surface area contributed by atoms with Gasteiger partial charge in [0.15, 0.2) is 0 Å². The summed E-state index contributed by atoms with van der Waals surface area (Å²) in [5, 5.41) is 22.4. The van der Waals surface area contributed by atoms with E-state index < -0.39 is 46.7 Å². The number of carbonyl (C=O) groups excluding carboxylic acids is 7. The van der Waals surface area contributed by atoms with Gasteiger partial charge in [0.05, 0.1) is 106 Å². The lowest BCUT2D eigenvalue weighted by atomic mass is 9.83. The van der Waals surface area contributed by atoms with Crippen LogP contribution in [0.4, 0.5) is 19.2 Å². The lowest BCUT2D eigenvalue weighted by Crippen LogP contribution is -2.52. The van der Waals surface area contributed by atoms with E-state index in [9.17, 15) is 33.6 Å². The van der Waals surface area contributed by atoms with Crippen molar-refractivity contribution in [2.75, 3.05) is 158 Å². The molecule has 0 aliphatic carbocycles. The minimum atomic E-state index is -1.24. The first-order valence-electron chi connectivity index (χ1n) is 26.7. The Balaban J connectivity index is 5.15. The molecule has 79 heavy (non-hydrogen) atoms. The summed E-state index contributed by atoms with van der Waals surface area (Å²) >= 11 is 0. The molecule has 0 fully saturated rings. The van der Waals surface area contributed by atoms with Crippen molar-refractivity contribution in [1.29, 1.82) is 0 Å². The molecule has 0 unspecified atom stereocenters. The molecule has 0 atom stereocenters. The van der Waals surface area contributed by atoms with Gasteiger partial charge in [-0.3, -0.25) is 14.4 Å². The van der Waals surface area contributed by atoms with E-state index in [1.54, 1.807) is 62.3 Å². The van der Waals surface area contributed by atoms with Gasteiger partial charge in [0.25, 0.3) is 0 Å². The van der Waals surface area contributed by atoms with Gasteiger partial charge in [-0.2, -0.15) is 0 Å². The van der Waals surface area contributed by atoms with Gasteiger partial charge in [0.1, 0.15) is 23.4 Å². The van der Waals surface area contributed by atoms with Crippen LogP contribution < -0.4 is 37.2 Å². The lowest BCUT2D eigenvalue weighted by molar-refractivity contribution is -0.122. The average Bonchev–Trinajstić information content (AvgIpc) is 3.35. The van der Waals surface area contributed by atoms with E-state index >= 15 is 0 Å². The van der Waals surface area contributed by atoms with Crippen LogP contribution in [0.5, 0.6) is 0 Å². The number of hydrogen-bond donors (Lipinski definition) is 7. The smallest absolute Gasteiger partial charge is 0.408 e. The number of hydrogen-bond acceptors (Lipinski definition) is 20. The van der Waals surface area contributed by atoms with E-state index in [2.05, 4.69) is 47.2 Å². The Morgan fingerprint density at radius 2 is 0.646 bits per heavy atom. The molecule has 0 aliphatic rings. The third-order valence-electron chi connectivity index (χ3n) is 9.66. The Labute approximate surface area is 465 Å². The molecule has 458 valence electrons. The van der Waals surface area contributed by atoms with Crippen LogP contribution in [0.15, 0.2) is 5.11 Å². The molecule has 0 spiro atoms. The van der Waals surface area contributed by atoms with Crippen LogP contribution in [0.3, 0.4) is 0 Å². The van der Waals surface area contributed by atoms with Crippen LogP contribution in [-0.4, -0.2) is 223 Å². The predicted molar refractivity (Wildman–Crippen MR) is 287 cm³/mol. The second-order valence-electron chi connectivity index (χ2n) is 20.2. The quantitative estimate of drug-likeness (QED) is 0.0151. The molecule has 0 aromatic rings. The number of amides is 7. The van der Waals surface area contributed by atoms with Gasteiger partial charge in [-0.25, -0.2) is 19.2 Å². The molecular formula is C50H94N10O19. The van der Waals surface area contributed by atoms with Crippen LogP contribution in [0, 0.1) is 0 Å². The minimum Gasteiger partial charge on any atom is -0.447 e. The van der Waals surface area contributed by atoms with Gasteiger partial charge in [-0.1, -0.05) is 5.11 Å². The fourth-order valence-corrected chi connectivity index (χ4v) is 6.18. The van der Waals surface area contributed by atoms with Crippen LogP contribution >= 0.6 is 0 Å². The van der Waals surface area contributed by atoms with Crippen LogP contribution in [0.25, 0.3) is 10.4 Å². The Bertz CT molecular complexity index is 1680. The number of azide groups is 1. The molecule has 7 N–H and O–H groups in total. The largest absolute Gasteiger partial charge is 0.447 e. The summed E-state index contributed by atoms with van der Waals surface area (Å²) in [7, 11) is 0. The fourth-order valence-electron chi connectivity index (χ4n) is 6.18. The molecule has 0 bridgehead atoms. The number of ether oxygens (including phenoxy) is 12. The summed E-state index contributed by atoms with van der Waals surface area (Å²) in [6.45, 7) is 21.0. The normalized spacial score (nSPS) is 11.6. The molecule has 29 heteroatoms. The number of rotatable bonds is 46. The van der Waals surface area contributed by atoms with Crippen LogP contribution in [0.1, 0.15) is 101 Å². The van der Waals surface area contributed by atoms with E-state index in [1.165, 1.54) is 0 Å². The number of nitrogens with one attached hydrogen (secondary N) is 7. The zero-order valence-electron chi connectivity index (χ0n) is 48.3. The monoisotopic (exact) mass is 1140 g/mol. The van der Waals surface area contributed by atoms with E-state index in [0.717, 1.165) is 0 Å². The molecule has 0 rings (SSSR count). The maximum absolute atomic E-state index is 13.4. The summed E-state index contributed by atoms with van der Waals surface area (Å²) in [5.41, 5.74) is 4.88. The van der Waals surface area contributed by atoms with Crippen molar-refractivity contribution in [3.63, 3.8) is 0 Å². The molecule has 0 aliphatic heterocycles. The van der Waals surface area contributed by atoms with Gasteiger partial charge in [0, 0.05) is 75.5 Å². The van der Waals surface area contributed by atoms with Crippen molar-refractivity contribution in [1.82, 2.24) is 37.2 Å². The molecule has 29 nitrogen and oxygen atoms in total. The number of nitrogens with zero attached hydrogens (tertiary/aromatic N) is 3. The molecular weight excluding hydrogens is 1040 g/mol. The highest BCUT2D eigenvalue weighted by Crippen LogP contribution is 2.27. The molecule has 0 radical (unpaired) electrons. The SMILES string of the molecule is CC(C)(C)OC(=O)NCCOCCOCCNC(=O)CCC(CCC(=O)NCCOCCOCCNC(=O)OCCOCCOCCN=[N+]=[N-])(CCC(=O)NCCOCCOCCNC(=O)OC(C)(C)C)NC(=O)OC(C)(C)C. The average molecular weight is 1140 g/mol. The van der Waals surface area contributed by atoms with E-state index in [4.69, 9.17) is 62.4 Å². The molecule has 0 aromatic heterocycles. The predicted octanol–water partition coefficient (Wildman–Crippen LogP) is 3.16. The van der Waals surface area contributed by atoms with Crippen molar-refractivity contribution < 1.29 is 90.4 Å². The standard InChI is InChI=1S/C50H94N10O19/c1-47(2,3)77-44(65)56-20-27-72-34-31-69-24-17-53-41(62)11-14-50(59-46(67)79-49(7,8)9,15-12-42(63)54-18-25-70-32-35-73-28-21-57-45(66)78-48(4,5)6)13-10-40(61)52-16-23-68-30-33-71-26-19-55-43(64)76-39-38-75-37-36-74-29-22-58-60-51/h10-39H2,1-9H3,(H,52,61)(H,53,62)(H,54,63)(H,55,64)(H,56,65)(H,57,66)(H,59,67). The van der Waals surface area contributed by atoms with Crippen molar-refractivity contribution in [2.45, 2.75) is 123 Å². The fraction of sp³-hybridized carbons (Fsp3) is 0.860. The van der Waals surface area contributed by atoms with Gasteiger partial charge in [0.2, 0.25) is 17.7 Å². The molecule has 0 saturated heterocycles. The number of carbonyl (C=O) groups is 7. The Hall–Kier alpha value is -5.52. The zero-order chi connectivity index (χ0) is 59.1. The summed E-state index contributed by atoms with van der Waals surface area (Å²) in [6.07, 6.45) is -2.57. The van der Waals surface area contributed by atoms with E-state index in [0.29, 0.717) is 19.8 Å². The van der Waals surface area contributed by atoms with Gasteiger partial charge < -0.3 is 94.1 Å². The van der Waals surface area contributed by atoms with Gasteiger partial charge >= 0.3 is 24.4 Å². The molecule has 7 amide bonds. The highest BCUT2D eigenvalue weighted by molar-refractivity contribution is 5.78. The summed E-state index contributed by atoms with van der Waals surface area (Å²) in [4.78, 5) is 90.9. The Morgan fingerprint density at radius 1 is 0.367 bits per heavy atom. The van der Waals surface area contributed by atoms with E-state index in [1.807, 2.05) is 0 Å². The third kappa shape index (κ3) is 51.7. The van der Waals surface area contributed by atoms with Crippen molar-refractivity contribution >= 4 is 42.1 Å². The molecule has 0 heterocycles. The highest BCUT2D eigenvalue weighted by atomic mass is 16.6. The topological polar surface area (TPSA) is 363 Å². The zero-order valence-corrected chi connectivity index (χ0v) is 48.3. The van der Waals surface area contributed by atoms with E-state index in [-0.39, 0.29) is 195 Å². The van der Waals surface area contributed by atoms with Crippen molar-refractivity contribution in [2.24, 2.45) is 5.11 Å². The minimum absolute atomic E-state index is 0.0487. The van der Waals surface area contributed by atoms with Gasteiger partial charge in [-0.15, -0.1) is 0 Å². The van der Waals surface area contributed by atoms with Crippen molar-refractivity contribution in [3.8, 4) is 0 Å². The second kappa shape index (κ2) is 45.2. The van der Waals surface area contributed by atoms with Crippen molar-refractivity contribution in [3.05, 3.63) is 10.4 Å². The van der Waals surface area contributed by atoms with Crippen LogP contribution in [-0.2, 0) is 71.2 Å². The second-order valence-corrected chi connectivity index (χ2v) is 20.2.